The number of rotatable bonds is 5. The van der Waals surface area contributed by atoms with Crippen LogP contribution < -0.4 is 5.32 Å². The van der Waals surface area contributed by atoms with E-state index in [-0.39, 0.29) is 5.41 Å². The van der Waals surface area contributed by atoms with Crippen molar-refractivity contribution in [2.45, 2.75) is 105 Å². The van der Waals surface area contributed by atoms with Crippen LogP contribution in [0.1, 0.15) is 99.3 Å². The Morgan fingerprint density at radius 1 is 1.07 bits per heavy atom. The molecule has 1 aliphatic heterocycles. The smallest absolute Gasteiger partial charge is 0.157 e. The number of ketones is 1. The summed E-state index contributed by atoms with van der Waals surface area (Å²) < 4.78 is 0. The minimum absolute atomic E-state index is 0.202. The molecular formula is C27H45NO. The number of carbonyl (C=O) groups excluding carboxylic acids is 1. The molecule has 0 radical (unpaired) electrons. The van der Waals surface area contributed by atoms with Gasteiger partial charge in [0, 0.05) is 29.7 Å². The Labute approximate surface area is 179 Å². The number of carbonyl (C=O) groups is 1. The Hall–Kier alpha value is -0.790. The maximum atomic E-state index is 12.1. The molecule has 3 fully saturated rings. The predicted octanol–water partition coefficient (Wildman–Crippen LogP) is 6.75. The average Bonchev–Trinajstić information content (AvgIpc) is 3.00. The van der Waals surface area contributed by atoms with Gasteiger partial charge in [0.2, 0.25) is 0 Å². The standard InChI is InChI=1S/C27H45NO/c1-17(2)8-7-9-18(3)21-10-11-22-25-19(4)28-24-16-20(29)12-14-27(24,6)23(25)13-15-26(21,22)5/h16-19,21-23,25,28H,7-15H2,1-6H3/t18-,19-,21?,22?,23?,25?,26+,27+/m0/s1. The molecule has 164 valence electrons. The molecule has 4 unspecified atom stereocenters. The molecule has 0 spiro atoms. The lowest BCUT2D eigenvalue weighted by Crippen LogP contribution is -2.60. The Morgan fingerprint density at radius 3 is 2.55 bits per heavy atom. The monoisotopic (exact) mass is 399 g/mol. The second-order valence-electron chi connectivity index (χ2n) is 12.2. The zero-order valence-electron chi connectivity index (χ0n) is 19.9. The third kappa shape index (κ3) is 3.51. The summed E-state index contributed by atoms with van der Waals surface area (Å²) in [5.41, 5.74) is 1.99. The number of nitrogens with one attached hydrogen (secondary N) is 1. The maximum Gasteiger partial charge on any atom is 0.157 e. The van der Waals surface area contributed by atoms with E-state index < -0.39 is 0 Å². The third-order valence-electron chi connectivity index (χ3n) is 10.1. The van der Waals surface area contributed by atoms with Crippen LogP contribution in [0.15, 0.2) is 11.8 Å². The molecule has 1 heterocycles. The SMILES string of the molecule is CC(C)CCC[C@H](C)C1CCC2C3C(CC[C@@]21C)[C@@]1(C)CCC(=O)C=C1N[C@H]3C. The highest BCUT2D eigenvalue weighted by Gasteiger charge is 2.61. The van der Waals surface area contributed by atoms with E-state index in [4.69, 9.17) is 0 Å². The first-order valence-corrected chi connectivity index (χ1v) is 12.7. The Bertz CT molecular complexity index is 665. The number of hydrogen-bond donors (Lipinski definition) is 1. The van der Waals surface area contributed by atoms with Crippen LogP contribution in [0.2, 0.25) is 0 Å². The van der Waals surface area contributed by atoms with E-state index >= 15 is 0 Å². The fraction of sp³-hybridized carbons (Fsp3) is 0.889. The summed E-state index contributed by atoms with van der Waals surface area (Å²) in [5.74, 6) is 5.33. The largest absolute Gasteiger partial charge is 0.385 e. The topological polar surface area (TPSA) is 29.1 Å². The Morgan fingerprint density at radius 2 is 1.83 bits per heavy atom. The van der Waals surface area contributed by atoms with Gasteiger partial charge in [-0.2, -0.15) is 0 Å². The van der Waals surface area contributed by atoms with Gasteiger partial charge in [0.05, 0.1) is 0 Å². The van der Waals surface area contributed by atoms with E-state index in [1.54, 1.807) is 0 Å². The maximum absolute atomic E-state index is 12.1. The first-order valence-electron chi connectivity index (χ1n) is 12.7. The van der Waals surface area contributed by atoms with Crippen molar-refractivity contribution in [2.75, 3.05) is 0 Å². The molecule has 0 amide bonds. The van der Waals surface area contributed by atoms with Gasteiger partial charge in [0.25, 0.3) is 0 Å². The van der Waals surface area contributed by atoms with Crippen LogP contribution in [-0.2, 0) is 4.79 Å². The van der Waals surface area contributed by atoms with E-state index in [9.17, 15) is 4.79 Å². The number of fused-ring (bicyclic) bond motifs is 5. The Kier molecular flexibility index (Phi) is 5.71. The summed E-state index contributed by atoms with van der Waals surface area (Å²) in [5, 5.41) is 3.85. The minimum Gasteiger partial charge on any atom is -0.385 e. The van der Waals surface area contributed by atoms with Crippen LogP contribution in [0, 0.1) is 46.3 Å². The molecule has 0 bridgehead atoms. The van der Waals surface area contributed by atoms with Gasteiger partial charge in [-0.15, -0.1) is 0 Å². The van der Waals surface area contributed by atoms with Crippen molar-refractivity contribution in [1.82, 2.24) is 5.32 Å². The van der Waals surface area contributed by atoms with Crippen LogP contribution >= 0.6 is 0 Å². The van der Waals surface area contributed by atoms with E-state index in [1.807, 2.05) is 6.08 Å². The molecule has 4 rings (SSSR count). The van der Waals surface area contributed by atoms with E-state index in [2.05, 4.69) is 46.9 Å². The van der Waals surface area contributed by atoms with Crippen LogP contribution in [0.4, 0.5) is 0 Å². The van der Waals surface area contributed by atoms with Crippen molar-refractivity contribution >= 4 is 5.78 Å². The summed E-state index contributed by atoms with van der Waals surface area (Å²) in [6.45, 7) is 14.8. The number of piperidine rings is 1. The molecule has 8 atom stereocenters. The lowest BCUT2D eigenvalue weighted by atomic mass is 9.48. The zero-order chi connectivity index (χ0) is 21.0. The first-order chi connectivity index (χ1) is 13.7. The fourth-order valence-electron chi connectivity index (χ4n) is 8.51. The quantitative estimate of drug-likeness (QED) is 0.554. The van der Waals surface area contributed by atoms with Crippen LogP contribution in [0.25, 0.3) is 0 Å². The molecule has 1 N–H and O–H groups in total. The van der Waals surface area contributed by atoms with E-state index in [1.165, 1.54) is 50.6 Å². The second-order valence-corrected chi connectivity index (χ2v) is 12.2. The summed E-state index contributed by atoms with van der Waals surface area (Å²) in [6.07, 6.45) is 13.6. The van der Waals surface area contributed by atoms with Crippen molar-refractivity contribution in [1.29, 1.82) is 0 Å². The van der Waals surface area contributed by atoms with Crippen LogP contribution in [0.5, 0.6) is 0 Å². The summed E-state index contributed by atoms with van der Waals surface area (Å²) >= 11 is 0. The highest BCUT2D eigenvalue weighted by Crippen LogP contribution is 2.66. The molecule has 0 aromatic heterocycles. The van der Waals surface area contributed by atoms with Crippen LogP contribution in [-0.4, -0.2) is 11.8 Å². The fourth-order valence-corrected chi connectivity index (χ4v) is 8.51. The van der Waals surface area contributed by atoms with Crippen molar-refractivity contribution in [3.63, 3.8) is 0 Å². The summed E-state index contributed by atoms with van der Waals surface area (Å²) in [4.78, 5) is 12.1. The van der Waals surface area contributed by atoms with Gasteiger partial charge in [0.1, 0.15) is 0 Å². The van der Waals surface area contributed by atoms with Crippen molar-refractivity contribution in [3.8, 4) is 0 Å². The van der Waals surface area contributed by atoms with Gasteiger partial charge in [0.15, 0.2) is 5.78 Å². The van der Waals surface area contributed by atoms with Gasteiger partial charge < -0.3 is 5.32 Å². The molecular weight excluding hydrogens is 354 g/mol. The predicted molar refractivity (Wildman–Crippen MR) is 121 cm³/mol. The lowest BCUT2D eigenvalue weighted by Gasteiger charge is -2.60. The molecule has 2 saturated carbocycles. The average molecular weight is 400 g/mol. The summed E-state index contributed by atoms with van der Waals surface area (Å²) in [7, 11) is 0. The van der Waals surface area contributed by atoms with Gasteiger partial charge in [-0.05, 0) is 80.0 Å². The van der Waals surface area contributed by atoms with Gasteiger partial charge in [-0.25, -0.2) is 0 Å². The van der Waals surface area contributed by atoms with Crippen molar-refractivity contribution in [3.05, 3.63) is 11.8 Å². The molecule has 3 aliphatic carbocycles. The van der Waals surface area contributed by atoms with Gasteiger partial charge in [-0.1, -0.05) is 53.9 Å². The molecule has 2 heteroatoms. The number of hydrogen-bond acceptors (Lipinski definition) is 2. The van der Waals surface area contributed by atoms with Crippen molar-refractivity contribution in [2.24, 2.45) is 46.3 Å². The number of allylic oxidation sites excluding steroid dienone is 2. The molecule has 2 nitrogen and oxygen atoms in total. The minimum atomic E-state index is 0.202. The first kappa shape index (κ1) is 21.4. The molecule has 0 aromatic carbocycles. The van der Waals surface area contributed by atoms with Gasteiger partial charge in [-0.3, -0.25) is 4.79 Å². The lowest BCUT2D eigenvalue weighted by molar-refractivity contribution is -0.118. The van der Waals surface area contributed by atoms with E-state index in [0.29, 0.717) is 17.2 Å². The molecule has 4 aliphatic rings. The molecule has 1 saturated heterocycles. The highest BCUT2D eigenvalue weighted by atomic mass is 16.1. The molecule has 0 aromatic rings. The third-order valence-corrected chi connectivity index (χ3v) is 10.1. The second kappa shape index (κ2) is 7.72. The van der Waals surface area contributed by atoms with Crippen LogP contribution in [0.3, 0.4) is 0 Å². The summed E-state index contributed by atoms with van der Waals surface area (Å²) in [6, 6.07) is 0.504. The normalized spacial score (nSPS) is 45.1. The molecule has 29 heavy (non-hydrogen) atoms. The zero-order valence-corrected chi connectivity index (χ0v) is 19.9. The van der Waals surface area contributed by atoms with E-state index in [0.717, 1.165) is 48.3 Å². The highest BCUT2D eigenvalue weighted by molar-refractivity contribution is 5.91. The van der Waals surface area contributed by atoms with Gasteiger partial charge >= 0.3 is 0 Å². The Balaban J connectivity index is 1.54. The van der Waals surface area contributed by atoms with Crippen molar-refractivity contribution < 1.29 is 4.79 Å².